The van der Waals surface area contributed by atoms with Gasteiger partial charge >= 0.3 is 0 Å². The third-order valence-corrected chi connectivity index (χ3v) is 1.95. The number of hydrogen-bond donors (Lipinski definition) is 1. The second-order valence-electron chi connectivity index (χ2n) is 4.92. The van der Waals surface area contributed by atoms with Gasteiger partial charge in [0.2, 0.25) is 0 Å². The van der Waals surface area contributed by atoms with Gasteiger partial charge in [-0.15, -0.1) is 0 Å². The van der Waals surface area contributed by atoms with Crippen LogP contribution in [-0.2, 0) is 4.74 Å². The van der Waals surface area contributed by atoms with Crippen molar-refractivity contribution in [1.29, 1.82) is 0 Å². The molecule has 0 amide bonds. The lowest BCUT2D eigenvalue weighted by molar-refractivity contribution is 0.0310. The van der Waals surface area contributed by atoms with Gasteiger partial charge in [0.25, 0.3) is 0 Å². The van der Waals surface area contributed by atoms with E-state index in [2.05, 4.69) is 4.99 Å². The maximum absolute atomic E-state index is 5.81. The van der Waals surface area contributed by atoms with Crippen LogP contribution in [0.15, 0.2) is 4.99 Å². The van der Waals surface area contributed by atoms with E-state index in [0.717, 1.165) is 0 Å². The fraction of sp³-hybridized carbons (Fsp3) is 0.900. The number of nitrogens with two attached hydrogens (primary N) is 1. The summed E-state index contributed by atoms with van der Waals surface area (Å²) in [6.07, 6.45) is 0. The number of ether oxygens (including phenoxy) is 1. The summed E-state index contributed by atoms with van der Waals surface area (Å²) < 4.78 is 5.24. The molecule has 0 saturated carbocycles. The molecule has 0 heterocycles. The highest BCUT2D eigenvalue weighted by atomic mass is 16.5. The summed E-state index contributed by atoms with van der Waals surface area (Å²) in [6.45, 7) is 10.7. The van der Waals surface area contributed by atoms with E-state index in [1.165, 1.54) is 0 Å². The number of nitrogens with zero attached hydrogens (tertiary/aromatic N) is 1. The summed E-state index contributed by atoms with van der Waals surface area (Å²) in [7, 11) is 1.68. The topological polar surface area (TPSA) is 47.6 Å². The molecule has 0 spiro atoms. The number of rotatable bonds is 3. The van der Waals surface area contributed by atoms with Crippen molar-refractivity contribution in [3.63, 3.8) is 0 Å². The zero-order valence-corrected chi connectivity index (χ0v) is 9.64. The molecule has 0 aromatic heterocycles. The fourth-order valence-corrected chi connectivity index (χ4v) is 0.577. The highest BCUT2D eigenvalue weighted by Crippen LogP contribution is 2.14. The molecular formula is C10H22N2O. The van der Waals surface area contributed by atoms with Gasteiger partial charge in [0.05, 0.1) is 18.0 Å². The first kappa shape index (κ1) is 12.4. The third kappa shape index (κ3) is 4.88. The Morgan fingerprint density at radius 2 is 1.69 bits per heavy atom. The van der Waals surface area contributed by atoms with Crippen molar-refractivity contribution in [3.8, 4) is 0 Å². The van der Waals surface area contributed by atoms with E-state index in [9.17, 15) is 0 Å². The van der Waals surface area contributed by atoms with Crippen LogP contribution in [-0.4, -0.2) is 25.1 Å². The fourth-order valence-electron chi connectivity index (χ4n) is 0.577. The molecule has 3 nitrogen and oxygen atoms in total. The van der Waals surface area contributed by atoms with Crippen LogP contribution in [0.3, 0.4) is 0 Å². The number of hydrogen-bond acceptors (Lipinski definition) is 2. The first-order valence-electron chi connectivity index (χ1n) is 4.54. The van der Waals surface area contributed by atoms with E-state index in [4.69, 9.17) is 10.5 Å². The molecule has 0 bridgehead atoms. The lowest BCUT2D eigenvalue weighted by atomic mass is 9.95. The molecule has 0 saturated heterocycles. The number of amidine groups is 1. The van der Waals surface area contributed by atoms with Crippen LogP contribution < -0.4 is 5.73 Å². The number of aliphatic imine (C=N–C) groups is 1. The molecule has 3 heteroatoms. The molecular weight excluding hydrogens is 164 g/mol. The van der Waals surface area contributed by atoms with Crippen molar-refractivity contribution in [3.05, 3.63) is 0 Å². The van der Waals surface area contributed by atoms with E-state index < -0.39 is 0 Å². The molecule has 0 aromatic rings. The SMILES string of the molecule is COC(C)(C)CN=C(N)C(C)(C)C. The number of methoxy groups -OCH3 is 1. The summed E-state index contributed by atoms with van der Waals surface area (Å²) in [6, 6.07) is 0. The van der Waals surface area contributed by atoms with E-state index in [0.29, 0.717) is 12.4 Å². The maximum atomic E-state index is 5.81. The second kappa shape index (κ2) is 4.09. The Bertz CT molecular complexity index is 190. The second-order valence-corrected chi connectivity index (χ2v) is 4.92. The molecule has 0 fully saturated rings. The van der Waals surface area contributed by atoms with E-state index in [1.54, 1.807) is 7.11 Å². The van der Waals surface area contributed by atoms with Crippen molar-refractivity contribution < 1.29 is 4.74 Å². The Hall–Kier alpha value is -0.570. The smallest absolute Gasteiger partial charge is 0.0992 e. The van der Waals surface area contributed by atoms with Crippen molar-refractivity contribution in [2.45, 2.75) is 40.2 Å². The van der Waals surface area contributed by atoms with Crippen LogP contribution in [0.1, 0.15) is 34.6 Å². The molecule has 2 N–H and O–H groups in total. The highest BCUT2D eigenvalue weighted by Gasteiger charge is 2.19. The average molecular weight is 186 g/mol. The van der Waals surface area contributed by atoms with Gasteiger partial charge in [-0.1, -0.05) is 20.8 Å². The molecule has 0 radical (unpaired) electrons. The minimum atomic E-state index is -0.226. The highest BCUT2D eigenvalue weighted by molar-refractivity contribution is 5.85. The predicted molar refractivity (Wildman–Crippen MR) is 57.0 cm³/mol. The first-order valence-corrected chi connectivity index (χ1v) is 4.54. The van der Waals surface area contributed by atoms with Gasteiger partial charge in [0, 0.05) is 12.5 Å². The minimum Gasteiger partial charge on any atom is -0.387 e. The van der Waals surface area contributed by atoms with Crippen molar-refractivity contribution >= 4 is 5.84 Å². The summed E-state index contributed by atoms with van der Waals surface area (Å²) >= 11 is 0. The summed E-state index contributed by atoms with van der Waals surface area (Å²) in [5, 5.41) is 0. The lowest BCUT2D eigenvalue weighted by Gasteiger charge is -2.23. The van der Waals surface area contributed by atoms with Crippen LogP contribution >= 0.6 is 0 Å². The molecule has 78 valence electrons. The normalized spacial score (nSPS) is 14.8. The van der Waals surface area contributed by atoms with Gasteiger partial charge in [-0.25, -0.2) is 0 Å². The Kier molecular flexibility index (Phi) is 3.91. The van der Waals surface area contributed by atoms with Crippen molar-refractivity contribution in [1.82, 2.24) is 0 Å². The lowest BCUT2D eigenvalue weighted by Crippen LogP contribution is -2.33. The standard InChI is InChI=1S/C10H22N2O/c1-9(2,3)8(11)12-7-10(4,5)13-6/h7H2,1-6H3,(H2,11,12). The Morgan fingerprint density at radius 3 is 2.00 bits per heavy atom. The van der Waals surface area contributed by atoms with Crippen molar-refractivity contribution in [2.24, 2.45) is 16.1 Å². The molecule has 0 aliphatic carbocycles. The van der Waals surface area contributed by atoms with E-state index in [1.807, 2.05) is 34.6 Å². The maximum Gasteiger partial charge on any atom is 0.0992 e. The minimum absolute atomic E-state index is 0.0518. The molecule has 13 heavy (non-hydrogen) atoms. The van der Waals surface area contributed by atoms with Gasteiger partial charge in [-0.05, 0) is 13.8 Å². The molecule has 0 aliphatic heterocycles. The van der Waals surface area contributed by atoms with Crippen LogP contribution in [0.2, 0.25) is 0 Å². The third-order valence-electron chi connectivity index (χ3n) is 1.95. The zero-order valence-electron chi connectivity index (χ0n) is 9.64. The molecule has 0 unspecified atom stereocenters. The largest absolute Gasteiger partial charge is 0.387 e. The van der Waals surface area contributed by atoms with Crippen LogP contribution in [0.5, 0.6) is 0 Å². The quantitative estimate of drug-likeness (QED) is 0.540. The molecule has 0 atom stereocenters. The molecule has 0 aliphatic rings. The molecule has 0 rings (SSSR count). The zero-order chi connectivity index (χ0) is 10.7. The Labute approximate surface area is 81.4 Å². The van der Waals surface area contributed by atoms with Crippen LogP contribution in [0, 0.1) is 5.41 Å². The van der Waals surface area contributed by atoms with E-state index >= 15 is 0 Å². The summed E-state index contributed by atoms with van der Waals surface area (Å²) in [5.74, 6) is 0.678. The van der Waals surface area contributed by atoms with Crippen LogP contribution in [0.25, 0.3) is 0 Å². The van der Waals surface area contributed by atoms with Gasteiger partial charge < -0.3 is 10.5 Å². The van der Waals surface area contributed by atoms with Crippen molar-refractivity contribution in [2.75, 3.05) is 13.7 Å². The Morgan fingerprint density at radius 1 is 1.23 bits per heavy atom. The van der Waals surface area contributed by atoms with Gasteiger partial charge in [0.15, 0.2) is 0 Å². The van der Waals surface area contributed by atoms with E-state index in [-0.39, 0.29) is 11.0 Å². The first-order chi connectivity index (χ1) is 5.69. The van der Waals surface area contributed by atoms with Gasteiger partial charge in [-0.3, -0.25) is 4.99 Å². The Balaban J connectivity index is 4.28. The average Bonchev–Trinajstić information content (AvgIpc) is 1.98. The summed E-state index contributed by atoms with van der Waals surface area (Å²) in [4.78, 5) is 4.31. The summed E-state index contributed by atoms with van der Waals surface area (Å²) in [5.41, 5.74) is 5.53. The van der Waals surface area contributed by atoms with Gasteiger partial charge in [-0.2, -0.15) is 0 Å². The van der Waals surface area contributed by atoms with Crippen LogP contribution in [0.4, 0.5) is 0 Å². The molecule has 0 aromatic carbocycles. The predicted octanol–water partition coefficient (Wildman–Crippen LogP) is 1.81. The van der Waals surface area contributed by atoms with Gasteiger partial charge in [0.1, 0.15) is 0 Å². The monoisotopic (exact) mass is 186 g/mol.